The molecule has 1 rings (SSSR count). The molecule has 0 fully saturated rings. The minimum Gasteiger partial charge on any atom is -0.480 e. The number of amides is 1. The Hall–Kier alpha value is -2.17. The first-order valence-corrected chi connectivity index (χ1v) is 5.75. The third-order valence-corrected chi connectivity index (χ3v) is 2.59. The molecule has 2 N–H and O–H groups in total. The van der Waals surface area contributed by atoms with Crippen LogP contribution >= 0.6 is 0 Å². The number of nitrogens with one attached hydrogen (secondary N) is 1. The fourth-order valence-corrected chi connectivity index (χ4v) is 1.52. The van der Waals surface area contributed by atoms with Gasteiger partial charge in [0.15, 0.2) is 0 Å². The first-order valence-electron chi connectivity index (χ1n) is 5.75. The minimum absolute atomic E-state index is 0.0936. The van der Waals surface area contributed by atoms with E-state index in [0.29, 0.717) is 11.1 Å². The Morgan fingerprint density at radius 1 is 1.47 bits per heavy atom. The lowest BCUT2D eigenvalue weighted by molar-refractivity contribution is -0.139. The molecule has 19 heavy (non-hydrogen) atoms. The van der Waals surface area contributed by atoms with E-state index in [-0.39, 0.29) is 12.0 Å². The van der Waals surface area contributed by atoms with Crippen molar-refractivity contribution in [3.05, 3.63) is 47.3 Å². The number of carboxylic acid groups (broad SMARTS) is 1. The molecule has 0 spiro atoms. The molecule has 102 valence electrons. The van der Waals surface area contributed by atoms with Crippen LogP contribution in [-0.2, 0) is 4.79 Å². The number of carbonyl (C=O) groups is 2. The lowest BCUT2D eigenvalue weighted by Crippen LogP contribution is -2.40. The van der Waals surface area contributed by atoms with Gasteiger partial charge in [0.25, 0.3) is 5.91 Å². The highest BCUT2D eigenvalue weighted by molar-refractivity contribution is 5.96. The summed E-state index contributed by atoms with van der Waals surface area (Å²) in [4.78, 5) is 22.8. The summed E-state index contributed by atoms with van der Waals surface area (Å²) in [5.74, 6) is -2.27. The number of carbonyl (C=O) groups excluding carboxylic acids is 1. The third-order valence-electron chi connectivity index (χ3n) is 2.59. The van der Waals surface area contributed by atoms with Gasteiger partial charge in [-0.2, -0.15) is 0 Å². The standard InChI is InChI=1S/C14H16FNO3/c1-8(2)6-12(14(18)19)16-13(17)10-5-4-9(3)11(15)7-10/h4-5,7,12H,1,6H2,2-3H3,(H,16,17)(H,18,19). The Kier molecular flexibility index (Phi) is 4.80. The van der Waals surface area contributed by atoms with Crippen LogP contribution in [0, 0.1) is 12.7 Å². The number of hydrogen-bond acceptors (Lipinski definition) is 2. The van der Waals surface area contributed by atoms with Gasteiger partial charge in [-0.1, -0.05) is 11.6 Å². The van der Waals surface area contributed by atoms with Gasteiger partial charge in [-0.25, -0.2) is 9.18 Å². The molecule has 0 aliphatic carbocycles. The molecule has 1 aromatic rings. The molecule has 1 amide bonds. The average molecular weight is 265 g/mol. The number of halogens is 1. The second kappa shape index (κ2) is 6.13. The van der Waals surface area contributed by atoms with Crippen molar-refractivity contribution in [1.82, 2.24) is 5.32 Å². The number of aryl methyl sites for hydroxylation is 1. The first kappa shape index (κ1) is 14.9. The van der Waals surface area contributed by atoms with Gasteiger partial charge in [-0.05, 0) is 38.0 Å². The van der Waals surface area contributed by atoms with Gasteiger partial charge >= 0.3 is 5.97 Å². The first-order chi connectivity index (χ1) is 8.81. The fraction of sp³-hybridized carbons (Fsp3) is 0.286. The second-order valence-electron chi connectivity index (χ2n) is 4.49. The maximum absolute atomic E-state index is 13.3. The Balaban J connectivity index is 2.84. The molecular formula is C14H16FNO3. The number of carboxylic acids is 1. The zero-order chi connectivity index (χ0) is 14.6. The Morgan fingerprint density at radius 2 is 2.11 bits per heavy atom. The smallest absolute Gasteiger partial charge is 0.326 e. The summed E-state index contributed by atoms with van der Waals surface area (Å²) < 4.78 is 13.3. The summed E-state index contributed by atoms with van der Waals surface area (Å²) >= 11 is 0. The van der Waals surface area contributed by atoms with Crippen LogP contribution in [0.15, 0.2) is 30.4 Å². The number of benzene rings is 1. The Bertz CT molecular complexity index is 525. The zero-order valence-corrected chi connectivity index (χ0v) is 10.9. The van der Waals surface area contributed by atoms with Crippen LogP contribution in [0.25, 0.3) is 0 Å². The van der Waals surface area contributed by atoms with Crippen molar-refractivity contribution in [1.29, 1.82) is 0 Å². The normalized spacial score (nSPS) is 11.7. The van der Waals surface area contributed by atoms with Crippen molar-refractivity contribution in [2.24, 2.45) is 0 Å². The molecule has 0 aliphatic rings. The molecule has 0 aliphatic heterocycles. The van der Waals surface area contributed by atoms with E-state index in [1.807, 2.05) is 0 Å². The predicted octanol–water partition coefficient (Wildman–Crippen LogP) is 2.28. The van der Waals surface area contributed by atoms with E-state index in [0.717, 1.165) is 6.07 Å². The lowest BCUT2D eigenvalue weighted by atomic mass is 10.1. The molecule has 0 heterocycles. The van der Waals surface area contributed by atoms with Gasteiger partial charge in [-0.3, -0.25) is 4.79 Å². The van der Waals surface area contributed by atoms with Gasteiger partial charge in [0.1, 0.15) is 11.9 Å². The van der Waals surface area contributed by atoms with Crippen LogP contribution in [-0.4, -0.2) is 23.0 Å². The topological polar surface area (TPSA) is 66.4 Å². The molecular weight excluding hydrogens is 249 g/mol. The summed E-state index contributed by atoms with van der Waals surface area (Å²) in [6.45, 7) is 6.86. The minimum atomic E-state index is -1.15. The van der Waals surface area contributed by atoms with E-state index in [1.54, 1.807) is 13.8 Å². The quantitative estimate of drug-likeness (QED) is 0.803. The van der Waals surface area contributed by atoms with E-state index >= 15 is 0 Å². The van der Waals surface area contributed by atoms with Crippen molar-refractivity contribution in [2.75, 3.05) is 0 Å². The molecule has 5 heteroatoms. The molecule has 1 aromatic carbocycles. The summed E-state index contributed by atoms with van der Waals surface area (Å²) in [5, 5.41) is 11.3. The van der Waals surface area contributed by atoms with Crippen molar-refractivity contribution in [3.8, 4) is 0 Å². The molecule has 0 aromatic heterocycles. The van der Waals surface area contributed by atoms with E-state index < -0.39 is 23.7 Å². The van der Waals surface area contributed by atoms with Gasteiger partial charge in [-0.15, -0.1) is 6.58 Å². The van der Waals surface area contributed by atoms with Crippen LogP contribution in [0.4, 0.5) is 4.39 Å². The summed E-state index contributed by atoms with van der Waals surface area (Å²) in [6, 6.07) is 2.95. The highest BCUT2D eigenvalue weighted by Crippen LogP contribution is 2.10. The molecule has 1 unspecified atom stereocenters. The van der Waals surface area contributed by atoms with E-state index in [2.05, 4.69) is 11.9 Å². The molecule has 4 nitrogen and oxygen atoms in total. The van der Waals surface area contributed by atoms with Crippen LogP contribution in [0.3, 0.4) is 0 Å². The lowest BCUT2D eigenvalue weighted by Gasteiger charge is -2.14. The SMILES string of the molecule is C=C(C)CC(NC(=O)c1ccc(C)c(F)c1)C(=O)O. The Morgan fingerprint density at radius 3 is 2.58 bits per heavy atom. The van der Waals surface area contributed by atoms with Crippen LogP contribution in [0.1, 0.15) is 29.3 Å². The number of hydrogen-bond donors (Lipinski definition) is 2. The predicted molar refractivity (Wildman–Crippen MR) is 69.5 cm³/mol. The van der Waals surface area contributed by atoms with Gasteiger partial charge in [0.05, 0.1) is 0 Å². The zero-order valence-electron chi connectivity index (χ0n) is 10.9. The summed E-state index contributed by atoms with van der Waals surface area (Å²) in [5.41, 5.74) is 1.16. The highest BCUT2D eigenvalue weighted by atomic mass is 19.1. The van der Waals surface area contributed by atoms with Crippen molar-refractivity contribution in [3.63, 3.8) is 0 Å². The Labute approximate surface area is 110 Å². The van der Waals surface area contributed by atoms with Crippen LogP contribution < -0.4 is 5.32 Å². The average Bonchev–Trinajstić information content (AvgIpc) is 2.31. The second-order valence-corrected chi connectivity index (χ2v) is 4.49. The van der Waals surface area contributed by atoms with Gasteiger partial charge in [0, 0.05) is 5.56 Å². The molecule has 1 atom stereocenters. The molecule has 0 saturated carbocycles. The van der Waals surface area contributed by atoms with Crippen molar-refractivity contribution in [2.45, 2.75) is 26.3 Å². The van der Waals surface area contributed by atoms with Crippen molar-refractivity contribution < 1.29 is 19.1 Å². The maximum atomic E-state index is 13.3. The highest BCUT2D eigenvalue weighted by Gasteiger charge is 2.20. The number of aliphatic carboxylic acids is 1. The van der Waals surface area contributed by atoms with E-state index in [9.17, 15) is 14.0 Å². The summed E-state index contributed by atoms with van der Waals surface area (Å²) in [7, 11) is 0. The van der Waals surface area contributed by atoms with Gasteiger partial charge in [0.2, 0.25) is 0 Å². The monoisotopic (exact) mass is 265 g/mol. The molecule has 0 bridgehead atoms. The maximum Gasteiger partial charge on any atom is 0.326 e. The fourth-order valence-electron chi connectivity index (χ4n) is 1.52. The number of rotatable bonds is 5. The van der Waals surface area contributed by atoms with Gasteiger partial charge < -0.3 is 10.4 Å². The van der Waals surface area contributed by atoms with E-state index in [1.165, 1.54) is 12.1 Å². The summed E-state index contributed by atoms with van der Waals surface area (Å²) in [6.07, 6.45) is 0.134. The van der Waals surface area contributed by atoms with E-state index in [4.69, 9.17) is 5.11 Å². The van der Waals surface area contributed by atoms with Crippen LogP contribution in [0.5, 0.6) is 0 Å². The van der Waals surface area contributed by atoms with Crippen molar-refractivity contribution >= 4 is 11.9 Å². The van der Waals surface area contributed by atoms with Crippen LogP contribution in [0.2, 0.25) is 0 Å². The molecule has 0 saturated heterocycles. The third kappa shape index (κ3) is 4.21. The molecule has 0 radical (unpaired) electrons. The largest absolute Gasteiger partial charge is 0.480 e.